The van der Waals surface area contributed by atoms with E-state index in [4.69, 9.17) is 0 Å². The molecular weight excluding hydrogens is 449 g/mol. The number of hydrogen-bond donors (Lipinski definition) is 2. The molecule has 2 N–H and O–H groups in total. The second-order valence-corrected chi connectivity index (χ2v) is 9.09. The Hall–Kier alpha value is -2.98. The lowest BCUT2D eigenvalue weighted by Gasteiger charge is -2.10. The largest absolute Gasteiger partial charge is 0.416 e. The van der Waals surface area contributed by atoms with Crippen molar-refractivity contribution in [2.45, 2.75) is 16.0 Å². The summed E-state index contributed by atoms with van der Waals surface area (Å²) in [5, 5.41) is 2.43. The van der Waals surface area contributed by atoms with Crippen LogP contribution in [-0.2, 0) is 21.0 Å². The number of benzene rings is 3. The summed E-state index contributed by atoms with van der Waals surface area (Å²) in [6, 6.07) is 18.7. The van der Waals surface area contributed by atoms with Gasteiger partial charge in [0.25, 0.3) is 10.0 Å². The predicted octanol–water partition coefficient (Wildman–Crippen LogP) is 5.24. The molecule has 0 aliphatic carbocycles. The van der Waals surface area contributed by atoms with Crippen LogP contribution in [0.3, 0.4) is 0 Å². The minimum atomic E-state index is -4.49. The van der Waals surface area contributed by atoms with Crippen LogP contribution in [-0.4, -0.2) is 20.1 Å². The molecule has 0 aliphatic rings. The van der Waals surface area contributed by atoms with Gasteiger partial charge in [-0.1, -0.05) is 24.3 Å². The molecular formula is C21H17F3N2O3S2. The van der Waals surface area contributed by atoms with Gasteiger partial charge in [0.1, 0.15) is 0 Å². The fourth-order valence-corrected chi connectivity index (χ4v) is 4.33. The van der Waals surface area contributed by atoms with Crippen molar-refractivity contribution in [1.82, 2.24) is 0 Å². The Bertz CT molecular complexity index is 1150. The zero-order chi connectivity index (χ0) is 22.5. The number of halogens is 3. The Labute approximate surface area is 181 Å². The summed E-state index contributed by atoms with van der Waals surface area (Å²) in [6.07, 6.45) is -4.49. The molecule has 0 spiro atoms. The molecule has 10 heteroatoms. The van der Waals surface area contributed by atoms with E-state index < -0.39 is 27.7 Å². The average molecular weight is 467 g/mol. The standard InChI is InChI=1S/C21H17F3N2O3S2/c22-21(23,24)15-5-4-6-17(13-15)25-20(27)14-30-18-11-9-16(10-12-18)26-31(28,29)19-7-2-1-3-8-19/h1-13,26H,14H2,(H,25,27). The van der Waals surface area contributed by atoms with Gasteiger partial charge in [-0.2, -0.15) is 13.2 Å². The fraction of sp³-hybridized carbons (Fsp3) is 0.0952. The Morgan fingerprint density at radius 2 is 1.55 bits per heavy atom. The van der Waals surface area contributed by atoms with E-state index >= 15 is 0 Å². The first-order valence-corrected chi connectivity index (χ1v) is 11.4. The molecule has 0 saturated heterocycles. The lowest BCUT2D eigenvalue weighted by Crippen LogP contribution is -2.15. The molecule has 0 radical (unpaired) electrons. The van der Waals surface area contributed by atoms with Gasteiger partial charge in [-0.05, 0) is 54.6 Å². The zero-order valence-corrected chi connectivity index (χ0v) is 17.5. The number of thioether (sulfide) groups is 1. The fourth-order valence-electron chi connectivity index (χ4n) is 2.55. The van der Waals surface area contributed by atoms with E-state index in [0.29, 0.717) is 10.6 Å². The molecule has 1 amide bonds. The molecule has 3 aromatic rings. The van der Waals surface area contributed by atoms with Gasteiger partial charge >= 0.3 is 6.18 Å². The maximum Gasteiger partial charge on any atom is 0.416 e. The monoisotopic (exact) mass is 466 g/mol. The van der Waals surface area contributed by atoms with Crippen molar-refractivity contribution in [3.8, 4) is 0 Å². The number of hydrogen-bond acceptors (Lipinski definition) is 4. The summed E-state index contributed by atoms with van der Waals surface area (Å²) in [7, 11) is -3.70. The van der Waals surface area contributed by atoms with E-state index in [1.807, 2.05) is 0 Å². The van der Waals surface area contributed by atoms with E-state index in [1.165, 1.54) is 36.0 Å². The van der Waals surface area contributed by atoms with Crippen molar-refractivity contribution >= 4 is 39.1 Å². The van der Waals surface area contributed by atoms with Crippen LogP contribution in [0, 0.1) is 0 Å². The van der Waals surface area contributed by atoms with Crippen LogP contribution < -0.4 is 10.0 Å². The molecule has 31 heavy (non-hydrogen) atoms. The van der Waals surface area contributed by atoms with E-state index in [1.54, 1.807) is 42.5 Å². The number of carbonyl (C=O) groups excluding carboxylic acids is 1. The third-order valence-electron chi connectivity index (χ3n) is 4.00. The van der Waals surface area contributed by atoms with E-state index in [2.05, 4.69) is 10.0 Å². The maximum absolute atomic E-state index is 12.7. The molecule has 0 heterocycles. The first-order chi connectivity index (χ1) is 14.6. The van der Waals surface area contributed by atoms with Crippen LogP contribution >= 0.6 is 11.8 Å². The van der Waals surface area contributed by atoms with Gasteiger partial charge in [-0.3, -0.25) is 9.52 Å². The van der Waals surface area contributed by atoms with Crippen LogP contribution in [0.4, 0.5) is 24.5 Å². The SMILES string of the molecule is O=C(CSc1ccc(NS(=O)(=O)c2ccccc2)cc1)Nc1cccc(C(F)(F)F)c1. The number of amides is 1. The Balaban J connectivity index is 1.55. The van der Waals surface area contributed by atoms with Crippen LogP contribution in [0.25, 0.3) is 0 Å². The van der Waals surface area contributed by atoms with Crippen LogP contribution in [0.1, 0.15) is 5.56 Å². The maximum atomic E-state index is 12.7. The molecule has 0 bridgehead atoms. The second kappa shape index (κ2) is 9.44. The van der Waals surface area contributed by atoms with Gasteiger partial charge in [0.05, 0.1) is 16.2 Å². The van der Waals surface area contributed by atoms with E-state index in [9.17, 15) is 26.4 Å². The topological polar surface area (TPSA) is 75.3 Å². The highest BCUT2D eigenvalue weighted by atomic mass is 32.2. The summed E-state index contributed by atoms with van der Waals surface area (Å²) < 4.78 is 65.4. The lowest BCUT2D eigenvalue weighted by molar-refractivity contribution is -0.137. The molecule has 0 atom stereocenters. The van der Waals surface area contributed by atoms with E-state index in [-0.39, 0.29) is 16.3 Å². The molecule has 0 aromatic heterocycles. The first kappa shape index (κ1) is 22.7. The number of anilines is 2. The van der Waals surface area contributed by atoms with Crippen molar-refractivity contribution < 1.29 is 26.4 Å². The minimum absolute atomic E-state index is 0.0225. The summed E-state index contributed by atoms with van der Waals surface area (Å²) in [5.74, 6) is -0.483. The Morgan fingerprint density at radius 3 is 2.19 bits per heavy atom. The highest BCUT2D eigenvalue weighted by molar-refractivity contribution is 8.00. The third-order valence-corrected chi connectivity index (χ3v) is 6.41. The normalized spacial score (nSPS) is 11.7. The smallest absolute Gasteiger partial charge is 0.325 e. The number of sulfonamides is 1. The van der Waals surface area contributed by atoms with Crippen molar-refractivity contribution in [3.05, 3.63) is 84.4 Å². The van der Waals surface area contributed by atoms with Gasteiger partial charge in [0.2, 0.25) is 5.91 Å². The second-order valence-electron chi connectivity index (χ2n) is 6.36. The van der Waals surface area contributed by atoms with Crippen LogP contribution in [0.5, 0.6) is 0 Å². The number of rotatable bonds is 7. The van der Waals surface area contributed by atoms with Gasteiger partial charge in [0, 0.05) is 16.3 Å². The Morgan fingerprint density at radius 1 is 0.871 bits per heavy atom. The highest BCUT2D eigenvalue weighted by Gasteiger charge is 2.30. The zero-order valence-electron chi connectivity index (χ0n) is 15.9. The van der Waals surface area contributed by atoms with Crippen molar-refractivity contribution in [2.75, 3.05) is 15.8 Å². The summed E-state index contributed by atoms with van der Waals surface area (Å²) in [5.41, 5.74) is -0.417. The molecule has 0 unspecified atom stereocenters. The van der Waals surface area contributed by atoms with Gasteiger partial charge in [0.15, 0.2) is 0 Å². The molecule has 162 valence electrons. The summed E-state index contributed by atoms with van der Waals surface area (Å²) in [4.78, 5) is 12.9. The number of nitrogens with one attached hydrogen (secondary N) is 2. The highest BCUT2D eigenvalue weighted by Crippen LogP contribution is 2.30. The van der Waals surface area contributed by atoms with Crippen molar-refractivity contribution in [1.29, 1.82) is 0 Å². The number of carbonyl (C=O) groups is 1. The molecule has 3 aromatic carbocycles. The van der Waals surface area contributed by atoms with E-state index in [0.717, 1.165) is 12.1 Å². The van der Waals surface area contributed by atoms with Crippen molar-refractivity contribution in [2.24, 2.45) is 0 Å². The van der Waals surface area contributed by atoms with Gasteiger partial charge in [-0.15, -0.1) is 11.8 Å². The molecule has 3 rings (SSSR count). The molecule has 5 nitrogen and oxygen atoms in total. The molecule has 0 saturated carbocycles. The third kappa shape index (κ3) is 6.50. The lowest BCUT2D eigenvalue weighted by atomic mass is 10.2. The predicted molar refractivity (Wildman–Crippen MR) is 114 cm³/mol. The van der Waals surface area contributed by atoms with Crippen LogP contribution in [0.15, 0.2) is 88.7 Å². The van der Waals surface area contributed by atoms with Crippen LogP contribution in [0.2, 0.25) is 0 Å². The van der Waals surface area contributed by atoms with Gasteiger partial charge in [-0.25, -0.2) is 8.42 Å². The number of alkyl halides is 3. The van der Waals surface area contributed by atoms with Gasteiger partial charge < -0.3 is 5.32 Å². The average Bonchev–Trinajstić information content (AvgIpc) is 2.73. The minimum Gasteiger partial charge on any atom is -0.325 e. The molecule has 0 aliphatic heterocycles. The Kier molecular flexibility index (Phi) is 6.91. The first-order valence-electron chi connectivity index (χ1n) is 8.91. The quantitative estimate of drug-likeness (QED) is 0.467. The molecule has 0 fully saturated rings. The van der Waals surface area contributed by atoms with Crippen molar-refractivity contribution in [3.63, 3.8) is 0 Å². The summed E-state index contributed by atoms with van der Waals surface area (Å²) in [6.45, 7) is 0. The summed E-state index contributed by atoms with van der Waals surface area (Å²) >= 11 is 1.17.